The molecule has 136 valence electrons. The molecule has 0 aromatic heterocycles. The van der Waals surface area contributed by atoms with Crippen molar-refractivity contribution < 1.29 is 0 Å². The zero-order valence-corrected chi connectivity index (χ0v) is 16.2. The van der Waals surface area contributed by atoms with E-state index < -0.39 is 0 Å². The van der Waals surface area contributed by atoms with Crippen molar-refractivity contribution in [1.82, 2.24) is 0 Å². The first kappa shape index (κ1) is 17.4. The molecule has 1 aromatic rings. The second-order valence-electron chi connectivity index (χ2n) is 9.45. The summed E-state index contributed by atoms with van der Waals surface area (Å²) in [6.07, 6.45) is 17.6. The highest BCUT2D eigenvalue weighted by molar-refractivity contribution is 5.36. The van der Waals surface area contributed by atoms with Crippen LogP contribution in [-0.4, -0.2) is 0 Å². The van der Waals surface area contributed by atoms with Crippen molar-refractivity contribution in [3.63, 3.8) is 0 Å². The maximum Gasteiger partial charge on any atom is -0.0159 e. The Morgan fingerprint density at radius 2 is 1.84 bits per heavy atom. The Hall–Kier alpha value is -1.04. The fourth-order valence-electron chi connectivity index (χ4n) is 6.12. The summed E-state index contributed by atoms with van der Waals surface area (Å²) in [6.45, 7) is 6.31. The van der Waals surface area contributed by atoms with Crippen molar-refractivity contribution in [1.29, 1.82) is 0 Å². The van der Waals surface area contributed by atoms with E-state index in [2.05, 4.69) is 37.8 Å². The minimum Gasteiger partial charge on any atom is -0.103 e. The molecule has 3 aliphatic rings. The van der Waals surface area contributed by atoms with E-state index in [1.54, 1.807) is 16.7 Å². The van der Waals surface area contributed by atoms with Gasteiger partial charge in [0.1, 0.15) is 0 Å². The number of allylic oxidation sites excluding steroid dienone is 1. The minimum absolute atomic E-state index is 0.843. The lowest BCUT2D eigenvalue weighted by Gasteiger charge is -2.42. The molecule has 0 amide bonds. The van der Waals surface area contributed by atoms with Crippen LogP contribution in [-0.2, 0) is 12.8 Å². The predicted octanol–water partition coefficient (Wildman–Crippen LogP) is 7.08. The quantitative estimate of drug-likeness (QED) is 0.515. The fraction of sp³-hybridized carbons (Fsp3) is 0.680. The largest absolute Gasteiger partial charge is 0.103 e. The summed E-state index contributed by atoms with van der Waals surface area (Å²) in [6, 6.07) is 7.55. The molecule has 0 spiro atoms. The summed E-state index contributed by atoms with van der Waals surface area (Å²) < 4.78 is 0. The van der Waals surface area contributed by atoms with Crippen molar-refractivity contribution in [2.24, 2.45) is 23.7 Å². The highest BCUT2D eigenvalue weighted by Gasteiger charge is 2.35. The van der Waals surface area contributed by atoms with Gasteiger partial charge in [-0.05, 0) is 110 Å². The van der Waals surface area contributed by atoms with Crippen LogP contribution in [0.4, 0.5) is 0 Å². The van der Waals surface area contributed by atoms with Crippen molar-refractivity contribution >= 4 is 0 Å². The van der Waals surface area contributed by atoms with Gasteiger partial charge in [0.2, 0.25) is 0 Å². The van der Waals surface area contributed by atoms with Crippen LogP contribution in [0.5, 0.6) is 0 Å². The van der Waals surface area contributed by atoms with Crippen LogP contribution in [0.25, 0.3) is 0 Å². The van der Waals surface area contributed by atoms with Crippen LogP contribution in [0.1, 0.15) is 87.3 Å². The SMILES string of the molecule is C=CCCC1CCC2CC(c3ccc4c(c3)CCC(C)C4)CCC2C1. The average molecular weight is 337 g/mol. The molecule has 3 aliphatic carbocycles. The first-order chi connectivity index (χ1) is 12.2. The molecule has 2 saturated carbocycles. The lowest BCUT2D eigenvalue weighted by atomic mass is 9.63. The molecule has 0 aliphatic heterocycles. The molecule has 5 unspecified atom stereocenters. The molecule has 0 N–H and O–H groups in total. The van der Waals surface area contributed by atoms with Gasteiger partial charge in [-0.2, -0.15) is 0 Å². The minimum atomic E-state index is 0.843. The normalized spacial score (nSPS) is 34.8. The summed E-state index contributed by atoms with van der Waals surface area (Å²) in [5.74, 6) is 4.75. The monoisotopic (exact) mass is 336 g/mol. The predicted molar refractivity (Wildman–Crippen MR) is 108 cm³/mol. The number of hydrogen-bond acceptors (Lipinski definition) is 0. The Balaban J connectivity index is 1.39. The fourth-order valence-corrected chi connectivity index (χ4v) is 6.12. The second kappa shape index (κ2) is 7.68. The summed E-state index contributed by atoms with van der Waals surface area (Å²) in [5, 5.41) is 0. The Kier molecular flexibility index (Phi) is 5.34. The van der Waals surface area contributed by atoms with Crippen molar-refractivity contribution in [2.75, 3.05) is 0 Å². The topological polar surface area (TPSA) is 0 Å². The summed E-state index contributed by atoms with van der Waals surface area (Å²) in [5.41, 5.74) is 4.98. The third-order valence-corrected chi connectivity index (χ3v) is 7.68. The van der Waals surface area contributed by atoms with Gasteiger partial charge in [0, 0.05) is 0 Å². The van der Waals surface area contributed by atoms with Gasteiger partial charge in [0.25, 0.3) is 0 Å². The third-order valence-electron chi connectivity index (χ3n) is 7.68. The van der Waals surface area contributed by atoms with E-state index in [1.165, 1.54) is 70.6 Å². The first-order valence-corrected chi connectivity index (χ1v) is 11.0. The van der Waals surface area contributed by atoms with Crippen molar-refractivity contribution in [3.05, 3.63) is 47.5 Å². The van der Waals surface area contributed by atoms with Gasteiger partial charge in [0.05, 0.1) is 0 Å². The number of hydrogen-bond donors (Lipinski definition) is 0. The van der Waals surface area contributed by atoms with E-state index in [4.69, 9.17) is 0 Å². The standard InChI is InChI=1S/C25H36/c1-3-4-5-19-7-9-23-17-25(13-11-21(23)15-19)24-12-10-20-14-18(2)6-8-22(20)16-24/h3,10,12,16,18-19,21,23,25H,1,4-9,11,13-15,17H2,2H3. The molecule has 0 nitrogen and oxygen atoms in total. The van der Waals surface area contributed by atoms with Crippen LogP contribution in [0.15, 0.2) is 30.9 Å². The van der Waals surface area contributed by atoms with Gasteiger partial charge >= 0.3 is 0 Å². The lowest BCUT2D eigenvalue weighted by molar-refractivity contribution is 0.115. The van der Waals surface area contributed by atoms with E-state index in [1.807, 2.05) is 0 Å². The van der Waals surface area contributed by atoms with Gasteiger partial charge in [-0.3, -0.25) is 0 Å². The van der Waals surface area contributed by atoms with Gasteiger partial charge in [-0.25, -0.2) is 0 Å². The Bertz CT molecular complexity index is 598. The Labute approximate surface area is 155 Å². The maximum atomic E-state index is 3.90. The van der Waals surface area contributed by atoms with E-state index in [9.17, 15) is 0 Å². The Morgan fingerprint density at radius 3 is 2.72 bits per heavy atom. The molecule has 0 heteroatoms. The number of fused-ring (bicyclic) bond motifs is 2. The third kappa shape index (κ3) is 3.88. The molecule has 1 aromatic carbocycles. The molecule has 4 rings (SSSR count). The number of benzene rings is 1. The van der Waals surface area contributed by atoms with E-state index >= 15 is 0 Å². The zero-order valence-electron chi connectivity index (χ0n) is 16.2. The van der Waals surface area contributed by atoms with E-state index in [0.717, 1.165) is 29.6 Å². The number of rotatable bonds is 4. The molecule has 5 atom stereocenters. The molecule has 0 heterocycles. The van der Waals surface area contributed by atoms with Gasteiger partial charge in [-0.15, -0.1) is 6.58 Å². The van der Waals surface area contributed by atoms with Crippen LogP contribution in [0, 0.1) is 23.7 Å². The van der Waals surface area contributed by atoms with Crippen molar-refractivity contribution in [3.8, 4) is 0 Å². The molecule has 0 bridgehead atoms. The van der Waals surface area contributed by atoms with Gasteiger partial charge in [0.15, 0.2) is 0 Å². The first-order valence-electron chi connectivity index (χ1n) is 11.0. The highest BCUT2D eigenvalue weighted by Crippen LogP contribution is 2.48. The molecule has 0 radical (unpaired) electrons. The maximum absolute atomic E-state index is 3.90. The van der Waals surface area contributed by atoms with Crippen LogP contribution >= 0.6 is 0 Å². The van der Waals surface area contributed by atoms with Crippen LogP contribution < -0.4 is 0 Å². The highest BCUT2D eigenvalue weighted by atomic mass is 14.4. The molecule has 25 heavy (non-hydrogen) atoms. The summed E-state index contributed by atoms with van der Waals surface area (Å²) in [7, 11) is 0. The van der Waals surface area contributed by atoms with Crippen molar-refractivity contribution in [2.45, 2.75) is 83.5 Å². The lowest BCUT2D eigenvalue weighted by Crippen LogP contribution is -2.30. The van der Waals surface area contributed by atoms with E-state index in [-0.39, 0.29) is 0 Å². The molecular weight excluding hydrogens is 300 g/mol. The Morgan fingerprint density at radius 1 is 1.00 bits per heavy atom. The zero-order chi connectivity index (χ0) is 17.2. The molecular formula is C25H36. The van der Waals surface area contributed by atoms with Gasteiger partial charge < -0.3 is 0 Å². The average Bonchev–Trinajstić information content (AvgIpc) is 2.65. The van der Waals surface area contributed by atoms with Crippen LogP contribution in [0.2, 0.25) is 0 Å². The van der Waals surface area contributed by atoms with E-state index in [0.29, 0.717) is 0 Å². The summed E-state index contributed by atoms with van der Waals surface area (Å²) in [4.78, 5) is 0. The smallest absolute Gasteiger partial charge is 0.0159 e. The molecule has 2 fully saturated rings. The molecule has 0 saturated heterocycles. The number of aryl methyl sites for hydroxylation is 1. The van der Waals surface area contributed by atoms with Gasteiger partial charge in [-0.1, -0.05) is 37.6 Å². The second-order valence-corrected chi connectivity index (χ2v) is 9.45. The van der Waals surface area contributed by atoms with Crippen LogP contribution in [0.3, 0.4) is 0 Å². The summed E-state index contributed by atoms with van der Waals surface area (Å²) >= 11 is 0.